The summed E-state index contributed by atoms with van der Waals surface area (Å²) >= 11 is 3.19. The quantitative estimate of drug-likeness (QED) is 0.788. The minimum Gasteiger partial charge on any atom is -0.480 e. The average molecular weight is 363 g/mol. The lowest BCUT2D eigenvalue weighted by atomic mass is 10.2. The first-order chi connectivity index (χ1) is 9.32. The van der Waals surface area contributed by atoms with Gasteiger partial charge in [-0.3, -0.25) is 9.59 Å². The largest absolute Gasteiger partial charge is 0.480 e. The van der Waals surface area contributed by atoms with E-state index in [0.29, 0.717) is 8.78 Å². The first kappa shape index (κ1) is 14.9. The minimum absolute atomic E-state index is 0.0540. The molecule has 0 saturated carbocycles. The highest BCUT2D eigenvalue weighted by atomic mass is 79.9. The molecule has 1 aromatic rings. The third-order valence-corrected chi connectivity index (χ3v) is 5.24. The highest BCUT2D eigenvalue weighted by molar-refractivity contribution is 9.10. The van der Waals surface area contributed by atoms with Gasteiger partial charge in [0.1, 0.15) is 6.04 Å². The summed E-state index contributed by atoms with van der Waals surface area (Å²) in [6, 6.07) is 4.47. The number of carboxylic acid groups (broad SMARTS) is 1. The van der Waals surface area contributed by atoms with Crippen LogP contribution < -0.4 is 5.32 Å². The zero-order chi connectivity index (χ0) is 14.9. The number of hydrogen-bond donors (Lipinski definition) is 2. The van der Waals surface area contributed by atoms with Gasteiger partial charge >= 0.3 is 5.97 Å². The molecule has 9 heteroatoms. The molecular weight excluding hydrogens is 352 g/mol. The Bertz CT molecular complexity index is 643. The van der Waals surface area contributed by atoms with Gasteiger partial charge in [0.25, 0.3) is 0 Å². The summed E-state index contributed by atoms with van der Waals surface area (Å²) in [7, 11) is -4.04. The number of sulfonamides is 1. The van der Waals surface area contributed by atoms with Gasteiger partial charge in [-0.25, -0.2) is 8.42 Å². The number of halogens is 1. The molecule has 1 aliphatic rings. The molecule has 108 valence electrons. The maximum atomic E-state index is 12.4. The first-order valence-corrected chi connectivity index (χ1v) is 7.82. The van der Waals surface area contributed by atoms with Crippen LogP contribution in [0, 0.1) is 0 Å². The van der Waals surface area contributed by atoms with E-state index in [1.807, 2.05) is 0 Å². The molecule has 1 amide bonds. The minimum atomic E-state index is -4.04. The van der Waals surface area contributed by atoms with E-state index >= 15 is 0 Å². The SMILES string of the molecule is O=C1CN(S(=O)(=O)c2ccc(Br)cc2)C(C(=O)O)CN1. The van der Waals surface area contributed by atoms with E-state index in [1.54, 1.807) is 0 Å². The number of carbonyl (C=O) groups is 2. The van der Waals surface area contributed by atoms with E-state index in [-0.39, 0.29) is 11.4 Å². The first-order valence-electron chi connectivity index (χ1n) is 5.59. The van der Waals surface area contributed by atoms with Crippen molar-refractivity contribution in [2.24, 2.45) is 0 Å². The van der Waals surface area contributed by atoms with Crippen molar-refractivity contribution in [3.8, 4) is 0 Å². The van der Waals surface area contributed by atoms with Crippen LogP contribution in [0.15, 0.2) is 33.6 Å². The van der Waals surface area contributed by atoms with Crippen LogP contribution in [-0.2, 0) is 19.6 Å². The summed E-state index contributed by atoms with van der Waals surface area (Å²) in [5, 5.41) is 11.4. The van der Waals surface area contributed by atoms with Gasteiger partial charge in [-0.2, -0.15) is 4.31 Å². The molecule has 1 aromatic carbocycles. The lowest BCUT2D eigenvalue weighted by Gasteiger charge is -2.31. The molecule has 1 unspecified atom stereocenters. The number of carboxylic acids is 1. The number of piperazine rings is 1. The van der Waals surface area contributed by atoms with Crippen molar-refractivity contribution in [2.75, 3.05) is 13.1 Å². The molecule has 1 atom stereocenters. The van der Waals surface area contributed by atoms with Crippen molar-refractivity contribution >= 4 is 37.8 Å². The zero-order valence-electron chi connectivity index (χ0n) is 10.1. The Kier molecular flexibility index (Phi) is 4.11. The summed E-state index contributed by atoms with van der Waals surface area (Å²) in [6.45, 7) is -0.751. The Morgan fingerprint density at radius 3 is 2.50 bits per heavy atom. The number of benzene rings is 1. The van der Waals surface area contributed by atoms with Crippen LogP contribution in [0.1, 0.15) is 0 Å². The normalized spacial score (nSPS) is 20.4. The summed E-state index contributed by atoms with van der Waals surface area (Å²) in [4.78, 5) is 22.4. The van der Waals surface area contributed by atoms with Crippen molar-refractivity contribution in [3.05, 3.63) is 28.7 Å². The molecule has 0 radical (unpaired) electrons. The molecule has 0 bridgehead atoms. The van der Waals surface area contributed by atoms with Crippen molar-refractivity contribution < 1.29 is 23.1 Å². The molecule has 7 nitrogen and oxygen atoms in total. The number of nitrogens with zero attached hydrogens (tertiary/aromatic N) is 1. The fourth-order valence-electron chi connectivity index (χ4n) is 1.82. The molecular formula is C11H11BrN2O5S. The predicted molar refractivity (Wildman–Crippen MR) is 72.5 cm³/mol. The monoisotopic (exact) mass is 362 g/mol. The second kappa shape index (κ2) is 5.51. The van der Waals surface area contributed by atoms with Crippen LogP contribution in [0.5, 0.6) is 0 Å². The van der Waals surface area contributed by atoms with Crippen molar-refractivity contribution in [3.63, 3.8) is 0 Å². The lowest BCUT2D eigenvalue weighted by Crippen LogP contribution is -2.59. The Hall–Kier alpha value is -1.45. The van der Waals surface area contributed by atoms with Gasteiger partial charge in [0.05, 0.1) is 11.4 Å². The maximum absolute atomic E-state index is 12.4. The molecule has 1 heterocycles. The molecule has 0 aliphatic carbocycles. The van der Waals surface area contributed by atoms with Gasteiger partial charge in [-0.15, -0.1) is 0 Å². The van der Waals surface area contributed by atoms with E-state index < -0.39 is 34.5 Å². The molecule has 2 N–H and O–H groups in total. The van der Waals surface area contributed by atoms with Gasteiger partial charge < -0.3 is 10.4 Å². The number of rotatable bonds is 3. The van der Waals surface area contributed by atoms with Crippen LogP contribution in [0.25, 0.3) is 0 Å². The summed E-state index contributed by atoms with van der Waals surface area (Å²) < 4.78 is 26.3. The molecule has 1 saturated heterocycles. The molecule has 2 rings (SSSR count). The number of nitrogens with one attached hydrogen (secondary N) is 1. The van der Waals surface area contributed by atoms with Crippen LogP contribution in [-0.4, -0.2) is 48.8 Å². The van der Waals surface area contributed by atoms with E-state index in [0.717, 1.165) is 0 Å². The Morgan fingerprint density at radius 2 is 1.95 bits per heavy atom. The van der Waals surface area contributed by atoms with Crippen LogP contribution in [0.3, 0.4) is 0 Å². The van der Waals surface area contributed by atoms with Crippen LogP contribution >= 0.6 is 15.9 Å². The lowest BCUT2D eigenvalue weighted by molar-refractivity contribution is -0.143. The van der Waals surface area contributed by atoms with Crippen molar-refractivity contribution in [1.29, 1.82) is 0 Å². The van der Waals surface area contributed by atoms with E-state index in [9.17, 15) is 18.0 Å². The van der Waals surface area contributed by atoms with Crippen molar-refractivity contribution in [1.82, 2.24) is 9.62 Å². The summed E-state index contributed by atoms with van der Waals surface area (Å²) in [5.41, 5.74) is 0. The van der Waals surface area contributed by atoms with Gasteiger partial charge in [0.15, 0.2) is 0 Å². The van der Waals surface area contributed by atoms with E-state index in [2.05, 4.69) is 21.2 Å². The van der Waals surface area contributed by atoms with Gasteiger partial charge in [-0.05, 0) is 24.3 Å². The van der Waals surface area contributed by atoms with Crippen LogP contribution in [0.4, 0.5) is 0 Å². The summed E-state index contributed by atoms with van der Waals surface area (Å²) in [6.07, 6.45) is 0. The standard InChI is InChI=1S/C11H11BrN2O5S/c12-7-1-3-8(4-2-7)20(18,19)14-6-10(15)13-5-9(14)11(16)17/h1-4,9H,5-6H2,(H,13,15)(H,16,17). The fourth-order valence-corrected chi connectivity index (χ4v) is 3.63. The van der Waals surface area contributed by atoms with Gasteiger partial charge in [0.2, 0.25) is 15.9 Å². The fraction of sp³-hybridized carbons (Fsp3) is 0.273. The number of hydrogen-bond acceptors (Lipinski definition) is 4. The number of carbonyl (C=O) groups excluding carboxylic acids is 1. The van der Waals surface area contributed by atoms with Gasteiger partial charge in [-0.1, -0.05) is 15.9 Å². The number of aliphatic carboxylic acids is 1. The number of amides is 1. The molecule has 1 aliphatic heterocycles. The van der Waals surface area contributed by atoms with Crippen LogP contribution in [0.2, 0.25) is 0 Å². The molecule has 20 heavy (non-hydrogen) atoms. The second-order valence-electron chi connectivity index (χ2n) is 4.16. The highest BCUT2D eigenvalue weighted by Crippen LogP contribution is 2.21. The van der Waals surface area contributed by atoms with E-state index in [4.69, 9.17) is 5.11 Å². The highest BCUT2D eigenvalue weighted by Gasteiger charge is 2.40. The molecule has 0 spiro atoms. The molecule has 0 aromatic heterocycles. The third-order valence-electron chi connectivity index (χ3n) is 2.84. The van der Waals surface area contributed by atoms with Crippen molar-refractivity contribution in [2.45, 2.75) is 10.9 Å². The third kappa shape index (κ3) is 2.84. The van der Waals surface area contributed by atoms with E-state index in [1.165, 1.54) is 24.3 Å². The Balaban J connectivity index is 2.41. The Morgan fingerprint density at radius 1 is 1.35 bits per heavy atom. The average Bonchev–Trinajstić information content (AvgIpc) is 2.38. The molecule has 1 fully saturated rings. The topological polar surface area (TPSA) is 104 Å². The van der Waals surface area contributed by atoms with Gasteiger partial charge in [0, 0.05) is 11.0 Å². The zero-order valence-corrected chi connectivity index (χ0v) is 12.5. The maximum Gasteiger partial charge on any atom is 0.323 e. The second-order valence-corrected chi connectivity index (χ2v) is 6.97. The summed E-state index contributed by atoms with van der Waals surface area (Å²) in [5.74, 6) is -1.83. The Labute approximate surface area is 123 Å². The smallest absolute Gasteiger partial charge is 0.323 e. The predicted octanol–water partition coefficient (Wildman–Crippen LogP) is 0.0228.